The lowest BCUT2D eigenvalue weighted by molar-refractivity contribution is -0.134. The van der Waals surface area contributed by atoms with Crippen molar-refractivity contribution in [2.45, 2.75) is 6.42 Å². The van der Waals surface area contributed by atoms with Gasteiger partial charge in [0.25, 0.3) is 5.91 Å². The minimum absolute atomic E-state index is 0.0435. The van der Waals surface area contributed by atoms with Crippen LogP contribution in [0.15, 0.2) is 72.5 Å². The van der Waals surface area contributed by atoms with Crippen LogP contribution in [0.5, 0.6) is 5.75 Å². The standard InChI is InChI=1S/C24H14BrNO5S4/c25-14-5-3-13(4-6-14)20-16(7-8-17-21(20)35-24(29)31-17)30-19(27)9-10-26-22(28)18(34-23(26)32)12-15-2-1-11-33-15/h1-8,11-12H,9-10H2/b18-12-. The number of hydrogen-bond acceptors (Lipinski definition) is 9. The fourth-order valence-corrected chi connectivity index (χ4v) is 6.59. The van der Waals surface area contributed by atoms with E-state index in [1.165, 1.54) is 28.0 Å². The third-order valence-electron chi connectivity index (χ3n) is 5.05. The van der Waals surface area contributed by atoms with Crippen molar-refractivity contribution in [3.05, 3.63) is 77.9 Å². The molecule has 0 bridgehead atoms. The van der Waals surface area contributed by atoms with Gasteiger partial charge in [-0.05, 0) is 47.4 Å². The lowest BCUT2D eigenvalue weighted by atomic mass is 10.0. The maximum Gasteiger partial charge on any atom is 0.396 e. The van der Waals surface area contributed by atoms with Gasteiger partial charge in [-0.25, -0.2) is 4.79 Å². The first-order valence-corrected chi connectivity index (χ1v) is 13.9. The number of benzene rings is 2. The molecule has 0 aliphatic carbocycles. The van der Waals surface area contributed by atoms with Gasteiger partial charge in [-0.3, -0.25) is 14.5 Å². The predicted molar refractivity (Wildman–Crippen MR) is 148 cm³/mol. The molecule has 4 aromatic rings. The van der Waals surface area contributed by atoms with Crippen molar-refractivity contribution in [2.24, 2.45) is 0 Å². The number of carbonyl (C=O) groups is 2. The van der Waals surface area contributed by atoms with Crippen LogP contribution in [0.2, 0.25) is 0 Å². The van der Waals surface area contributed by atoms with E-state index in [9.17, 15) is 14.4 Å². The van der Waals surface area contributed by atoms with Gasteiger partial charge in [0, 0.05) is 21.5 Å². The minimum Gasteiger partial charge on any atom is -0.426 e. The van der Waals surface area contributed by atoms with E-state index in [1.807, 2.05) is 41.8 Å². The van der Waals surface area contributed by atoms with Crippen molar-refractivity contribution in [1.82, 2.24) is 4.90 Å². The molecule has 0 spiro atoms. The SMILES string of the molecule is O=C(CCN1C(=O)/C(=C/c2cccs2)SC1=S)Oc1ccc2oc(=O)sc2c1-c1ccc(Br)cc1. The maximum atomic E-state index is 12.8. The smallest absolute Gasteiger partial charge is 0.396 e. The van der Waals surface area contributed by atoms with Crippen LogP contribution in [0.4, 0.5) is 0 Å². The van der Waals surface area contributed by atoms with E-state index < -0.39 is 10.9 Å². The summed E-state index contributed by atoms with van der Waals surface area (Å²) in [6.07, 6.45) is 1.76. The molecule has 35 heavy (non-hydrogen) atoms. The zero-order valence-corrected chi connectivity index (χ0v) is 22.5. The average Bonchev–Trinajstić information content (AvgIpc) is 3.53. The lowest BCUT2D eigenvalue weighted by Crippen LogP contribution is -2.31. The molecule has 3 heterocycles. The second-order valence-electron chi connectivity index (χ2n) is 7.30. The van der Waals surface area contributed by atoms with Crippen molar-refractivity contribution in [2.75, 3.05) is 6.54 Å². The van der Waals surface area contributed by atoms with E-state index in [0.29, 0.717) is 30.8 Å². The van der Waals surface area contributed by atoms with Crippen LogP contribution < -0.4 is 9.68 Å². The number of thioether (sulfide) groups is 1. The van der Waals surface area contributed by atoms with Gasteiger partial charge in [-0.2, -0.15) is 0 Å². The Balaban J connectivity index is 1.34. The van der Waals surface area contributed by atoms with Gasteiger partial charge in [0.15, 0.2) is 0 Å². The summed E-state index contributed by atoms with van der Waals surface area (Å²) in [4.78, 5) is 39.9. The van der Waals surface area contributed by atoms with E-state index in [0.717, 1.165) is 26.3 Å². The molecule has 1 fully saturated rings. The van der Waals surface area contributed by atoms with Crippen LogP contribution in [0.25, 0.3) is 27.5 Å². The van der Waals surface area contributed by atoms with E-state index in [1.54, 1.807) is 18.2 Å². The Morgan fingerprint density at radius 1 is 1.14 bits per heavy atom. The van der Waals surface area contributed by atoms with Crippen LogP contribution >= 0.6 is 62.6 Å². The highest BCUT2D eigenvalue weighted by atomic mass is 79.9. The topological polar surface area (TPSA) is 76.8 Å². The molecule has 1 aliphatic rings. The Morgan fingerprint density at radius 2 is 1.94 bits per heavy atom. The minimum atomic E-state index is -0.519. The zero-order chi connectivity index (χ0) is 24.5. The van der Waals surface area contributed by atoms with Crippen molar-refractivity contribution < 1.29 is 18.7 Å². The third kappa shape index (κ3) is 5.19. The molecular formula is C24H14BrNO5S4. The summed E-state index contributed by atoms with van der Waals surface area (Å²) in [5.74, 6) is -0.430. The van der Waals surface area contributed by atoms with Crippen LogP contribution in [0.3, 0.4) is 0 Å². The molecule has 0 radical (unpaired) electrons. The van der Waals surface area contributed by atoms with Crippen LogP contribution in [-0.4, -0.2) is 27.6 Å². The van der Waals surface area contributed by atoms with E-state index >= 15 is 0 Å². The fraction of sp³-hybridized carbons (Fsp3) is 0.0833. The highest BCUT2D eigenvalue weighted by Crippen LogP contribution is 2.39. The van der Waals surface area contributed by atoms with Gasteiger partial charge in [0.05, 0.1) is 16.0 Å². The number of fused-ring (bicyclic) bond motifs is 1. The van der Waals surface area contributed by atoms with Crippen molar-refractivity contribution >= 4 is 95.1 Å². The van der Waals surface area contributed by atoms with Gasteiger partial charge >= 0.3 is 10.9 Å². The maximum absolute atomic E-state index is 12.8. The third-order valence-corrected chi connectivity index (χ3v) is 8.63. The molecule has 5 rings (SSSR count). The number of halogens is 1. The first-order chi connectivity index (χ1) is 16.9. The molecule has 176 valence electrons. The van der Waals surface area contributed by atoms with Crippen LogP contribution in [-0.2, 0) is 9.59 Å². The Labute approximate surface area is 225 Å². The zero-order valence-electron chi connectivity index (χ0n) is 17.7. The Morgan fingerprint density at radius 3 is 2.69 bits per heavy atom. The predicted octanol–water partition coefficient (Wildman–Crippen LogP) is 6.54. The van der Waals surface area contributed by atoms with Gasteiger partial charge in [-0.1, -0.05) is 69.4 Å². The number of hydrogen-bond donors (Lipinski definition) is 0. The summed E-state index contributed by atoms with van der Waals surface area (Å²) in [6.45, 7) is 0.111. The Hall–Kier alpha value is -2.57. The summed E-state index contributed by atoms with van der Waals surface area (Å²) < 4.78 is 12.8. The summed E-state index contributed by atoms with van der Waals surface area (Å²) in [6, 6.07) is 14.5. The number of thiophene rings is 1. The molecule has 1 aliphatic heterocycles. The number of amides is 1. The highest BCUT2D eigenvalue weighted by molar-refractivity contribution is 9.10. The van der Waals surface area contributed by atoms with Crippen LogP contribution in [0.1, 0.15) is 11.3 Å². The molecule has 0 unspecified atom stereocenters. The summed E-state index contributed by atoms with van der Waals surface area (Å²) >= 11 is 12.5. The number of ether oxygens (including phenoxy) is 1. The molecule has 2 aromatic carbocycles. The van der Waals surface area contributed by atoms with Crippen molar-refractivity contribution in [3.63, 3.8) is 0 Å². The van der Waals surface area contributed by atoms with Gasteiger partial charge in [0.1, 0.15) is 15.7 Å². The molecule has 0 saturated carbocycles. The molecular weight excluding hydrogens is 590 g/mol. The van der Waals surface area contributed by atoms with Gasteiger partial charge < -0.3 is 9.15 Å². The molecule has 11 heteroatoms. The first kappa shape index (κ1) is 24.1. The molecule has 0 atom stereocenters. The Kier molecular flexibility index (Phi) is 7.03. The van der Waals surface area contributed by atoms with Gasteiger partial charge in [0.2, 0.25) is 0 Å². The summed E-state index contributed by atoms with van der Waals surface area (Å²) in [5.41, 5.74) is 1.80. The average molecular weight is 605 g/mol. The summed E-state index contributed by atoms with van der Waals surface area (Å²) in [5, 5.41) is 1.94. The molecule has 1 amide bonds. The molecule has 2 aromatic heterocycles. The second-order valence-corrected chi connectivity index (χ2v) is 11.8. The fourth-order valence-electron chi connectivity index (χ4n) is 3.47. The quantitative estimate of drug-likeness (QED) is 0.107. The highest BCUT2D eigenvalue weighted by Gasteiger charge is 2.32. The number of thiocarbonyl (C=S) groups is 1. The van der Waals surface area contributed by atoms with Gasteiger partial charge in [-0.15, -0.1) is 11.3 Å². The van der Waals surface area contributed by atoms with Crippen LogP contribution in [0, 0.1) is 0 Å². The summed E-state index contributed by atoms with van der Waals surface area (Å²) in [7, 11) is 0. The number of rotatable bonds is 6. The van der Waals surface area contributed by atoms with Crippen molar-refractivity contribution in [1.29, 1.82) is 0 Å². The Bertz CT molecular complexity index is 1540. The number of esters is 1. The first-order valence-electron chi connectivity index (χ1n) is 10.2. The van der Waals surface area contributed by atoms with E-state index in [4.69, 9.17) is 21.4 Å². The monoisotopic (exact) mass is 603 g/mol. The van der Waals surface area contributed by atoms with E-state index in [2.05, 4.69) is 15.9 Å². The largest absolute Gasteiger partial charge is 0.426 e. The molecule has 6 nitrogen and oxygen atoms in total. The molecule has 1 saturated heterocycles. The normalized spacial score (nSPS) is 14.9. The molecule has 0 N–H and O–H groups in total. The number of carbonyl (C=O) groups excluding carboxylic acids is 2. The number of nitrogens with zero attached hydrogens (tertiary/aromatic N) is 1. The second kappa shape index (κ2) is 10.2. The van der Waals surface area contributed by atoms with E-state index in [-0.39, 0.29) is 18.9 Å². The lowest BCUT2D eigenvalue weighted by Gasteiger charge is -2.15. The van der Waals surface area contributed by atoms with Crippen molar-refractivity contribution in [3.8, 4) is 16.9 Å².